The van der Waals surface area contributed by atoms with Crippen molar-refractivity contribution in [1.82, 2.24) is 0 Å². The first-order chi connectivity index (χ1) is 13.2. The van der Waals surface area contributed by atoms with Crippen LogP contribution in [-0.4, -0.2) is 18.2 Å². The second-order valence-corrected chi connectivity index (χ2v) is 7.07. The monoisotopic (exact) mass is 364 g/mol. The highest BCUT2D eigenvalue weighted by Gasteiger charge is 2.10. The number of hydrogen-bond acceptors (Lipinski definition) is 5. The molecule has 0 saturated carbocycles. The number of fused-ring (bicyclic) bond motifs is 1. The molecule has 3 aromatic rings. The summed E-state index contributed by atoms with van der Waals surface area (Å²) < 4.78 is 5.18. The Kier molecular flexibility index (Phi) is 5.01. The maximum absolute atomic E-state index is 11.8. The van der Waals surface area contributed by atoms with E-state index < -0.39 is 5.63 Å². The molecule has 2 aromatic carbocycles. The minimum Gasteiger partial charge on any atom is -0.508 e. The van der Waals surface area contributed by atoms with Crippen molar-refractivity contribution in [3.63, 3.8) is 0 Å². The smallest absolute Gasteiger partial charge is 0.336 e. The van der Waals surface area contributed by atoms with Crippen LogP contribution in [0.4, 0.5) is 11.4 Å². The minimum atomic E-state index is -0.415. The Bertz CT molecular complexity index is 971. The van der Waals surface area contributed by atoms with Crippen LogP contribution in [0.15, 0.2) is 57.7 Å². The van der Waals surface area contributed by atoms with Gasteiger partial charge in [-0.05, 0) is 54.8 Å². The molecule has 0 radical (unpaired) electrons. The van der Waals surface area contributed by atoms with Crippen LogP contribution in [0.25, 0.3) is 11.0 Å². The number of rotatable bonds is 4. The lowest BCUT2D eigenvalue weighted by Crippen LogP contribution is -2.23. The number of benzene rings is 2. The Hall–Kier alpha value is -2.95. The van der Waals surface area contributed by atoms with E-state index in [1.54, 1.807) is 12.1 Å². The highest BCUT2D eigenvalue weighted by Crippen LogP contribution is 2.24. The van der Waals surface area contributed by atoms with E-state index in [0.29, 0.717) is 12.1 Å². The Labute approximate surface area is 158 Å². The van der Waals surface area contributed by atoms with Gasteiger partial charge in [0.2, 0.25) is 0 Å². The van der Waals surface area contributed by atoms with Gasteiger partial charge in [0, 0.05) is 48.5 Å². The Morgan fingerprint density at radius 3 is 2.44 bits per heavy atom. The summed E-state index contributed by atoms with van der Waals surface area (Å²) in [6.07, 6.45) is 5.18. The highest BCUT2D eigenvalue weighted by atomic mass is 16.4. The van der Waals surface area contributed by atoms with Crippen molar-refractivity contribution >= 4 is 22.3 Å². The molecule has 4 rings (SSSR count). The van der Waals surface area contributed by atoms with Gasteiger partial charge in [-0.2, -0.15) is 0 Å². The van der Waals surface area contributed by atoms with Crippen molar-refractivity contribution in [3.8, 4) is 5.75 Å². The van der Waals surface area contributed by atoms with E-state index in [4.69, 9.17) is 4.42 Å². The highest BCUT2D eigenvalue weighted by molar-refractivity contribution is 5.81. The van der Waals surface area contributed by atoms with Gasteiger partial charge in [0.1, 0.15) is 11.3 Å². The summed E-state index contributed by atoms with van der Waals surface area (Å²) in [6.45, 7) is 2.77. The summed E-state index contributed by atoms with van der Waals surface area (Å²) in [5.41, 5.74) is 3.10. The molecule has 5 nitrogen and oxygen atoms in total. The van der Waals surface area contributed by atoms with Gasteiger partial charge in [0.25, 0.3) is 0 Å². The fourth-order valence-electron chi connectivity index (χ4n) is 3.68. The van der Waals surface area contributed by atoms with Crippen LogP contribution in [-0.2, 0) is 6.54 Å². The molecule has 1 aliphatic rings. The van der Waals surface area contributed by atoms with Gasteiger partial charge in [-0.25, -0.2) is 4.79 Å². The quantitative estimate of drug-likeness (QED) is 0.668. The average molecular weight is 364 g/mol. The zero-order valence-electron chi connectivity index (χ0n) is 15.3. The third kappa shape index (κ3) is 4.08. The van der Waals surface area contributed by atoms with Crippen LogP contribution >= 0.6 is 0 Å². The van der Waals surface area contributed by atoms with Crippen molar-refractivity contribution < 1.29 is 9.52 Å². The molecular formula is C22H24N2O3. The predicted octanol–water partition coefficient (Wildman–Crippen LogP) is 4.49. The first-order valence-corrected chi connectivity index (χ1v) is 9.54. The Morgan fingerprint density at radius 1 is 0.963 bits per heavy atom. The van der Waals surface area contributed by atoms with Crippen molar-refractivity contribution in [2.75, 3.05) is 23.3 Å². The molecule has 0 aliphatic carbocycles. The zero-order chi connectivity index (χ0) is 18.6. The van der Waals surface area contributed by atoms with Gasteiger partial charge >= 0.3 is 5.63 Å². The van der Waals surface area contributed by atoms with E-state index in [0.717, 1.165) is 29.7 Å². The van der Waals surface area contributed by atoms with Gasteiger partial charge in [-0.3, -0.25) is 0 Å². The van der Waals surface area contributed by atoms with E-state index in [1.807, 2.05) is 0 Å². The Balaban J connectivity index is 1.49. The van der Waals surface area contributed by atoms with Gasteiger partial charge in [0.15, 0.2) is 0 Å². The van der Waals surface area contributed by atoms with Crippen LogP contribution in [0, 0.1) is 0 Å². The summed E-state index contributed by atoms with van der Waals surface area (Å²) in [5.74, 6) is 0.0832. The molecule has 1 aromatic heterocycles. The van der Waals surface area contributed by atoms with Crippen molar-refractivity contribution in [2.45, 2.75) is 32.2 Å². The number of nitrogens with zero attached hydrogens (tertiary/aromatic N) is 1. The number of aromatic hydroxyl groups is 1. The van der Waals surface area contributed by atoms with Gasteiger partial charge in [-0.1, -0.05) is 12.8 Å². The lowest BCUT2D eigenvalue weighted by atomic mass is 10.1. The summed E-state index contributed by atoms with van der Waals surface area (Å²) in [5, 5.41) is 13.8. The van der Waals surface area contributed by atoms with E-state index in [-0.39, 0.29) is 5.75 Å². The molecule has 1 aliphatic heterocycles. The van der Waals surface area contributed by atoms with Crippen LogP contribution in [0.2, 0.25) is 0 Å². The SMILES string of the molecule is O=c1cc(CNc2ccc(N3CCCCCC3)cc2)c2ccc(O)cc2o1. The maximum atomic E-state index is 11.8. The number of anilines is 2. The topological polar surface area (TPSA) is 65.7 Å². The summed E-state index contributed by atoms with van der Waals surface area (Å²) in [6, 6.07) is 14.8. The first-order valence-electron chi connectivity index (χ1n) is 9.54. The Morgan fingerprint density at radius 2 is 1.70 bits per heavy atom. The molecule has 0 atom stereocenters. The fraction of sp³-hybridized carbons (Fsp3) is 0.318. The second kappa shape index (κ2) is 7.74. The van der Waals surface area contributed by atoms with Crippen molar-refractivity contribution in [3.05, 3.63) is 64.5 Å². The number of nitrogens with one attached hydrogen (secondary N) is 1. The molecule has 1 saturated heterocycles. The average Bonchev–Trinajstić information content (AvgIpc) is 2.95. The number of phenolic OH excluding ortho intramolecular Hbond substituents is 1. The molecule has 0 amide bonds. The molecule has 5 heteroatoms. The van der Waals surface area contributed by atoms with Crippen LogP contribution in [0.1, 0.15) is 31.2 Å². The largest absolute Gasteiger partial charge is 0.508 e. The third-order valence-corrected chi connectivity index (χ3v) is 5.14. The molecule has 1 fully saturated rings. The molecule has 2 heterocycles. The predicted molar refractivity (Wildman–Crippen MR) is 109 cm³/mol. The summed E-state index contributed by atoms with van der Waals surface area (Å²) in [4.78, 5) is 14.3. The van der Waals surface area contributed by atoms with Crippen molar-refractivity contribution in [1.29, 1.82) is 0 Å². The van der Waals surface area contributed by atoms with E-state index in [1.165, 1.54) is 43.5 Å². The minimum absolute atomic E-state index is 0.0832. The molecule has 0 spiro atoms. The van der Waals surface area contributed by atoms with Crippen LogP contribution in [0.5, 0.6) is 5.75 Å². The first kappa shape index (κ1) is 17.5. The fourth-order valence-corrected chi connectivity index (χ4v) is 3.68. The van der Waals surface area contributed by atoms with Gasteiger partial charge < -0.3 is 19.7 Å². The van der Waals surface area contributed by atoms with Crippen molar-refractivity contribution in [2.24, 2.45) is 0 Å². The number of phenols is 1. The normalized spacial score (nSPS) is 14.9. The van der Waals surface area contributed by atoms with Crippen LogP contribution < -0.4 is 15.8 Å². The van der Waals surface area contributed by atoms with E-state index in [9.17, 15) is 9.90 Å². The van der Waals surface area contributed by atoms with Crippen LogP contribution in [0.3, 0.4) is 0 Å². The summed E-state index contributed by atoms with van der Waals surface area (Å²) in [7, 11) is 0. The summed E-state index contributed by atoms with van der Waals surface area (Å²) >= 11 is 0. The maximum Gasteiger partial charge on any atom is 0.336 e. The molecule has 140 valence electrons. The molecular weight excluding hydrogens is 340 g/mol. The van der Waals surface area contributed by atoms with E-state index in [2.05, 4.69) is 34.5 Å². The second-order valence-electron chi connectivity index (χ2n) is 7.07. The molecule has 0 unspecified atom stereocenters. The molecule has 0 bridgehead atoms. The van der Waals surface area contributed by atoms with Gasteiger partial charge in [-0.15, -0.1) is 0 Å². The standard InChI is InChI=1S/C22H24N2O3/c25-19-9-10-20-16(13-22(26)27-21(20)14-19)15-23-17-5-7-18(8-6-17)24-11-3-1-2-4-12-24/h5-10,13-14,23,25H,1-4,11-12,15H2. The van der Waals surface area contributed by atoms with E-state index >= 15 is 0 Å². The zero-order valence-corrected chi connectivity index (χ0v) is 15.3. The molecule has 27 heavy (non-hydrogen) atoms. The lowest BCUT2D eigenvalue weighted by Gasteiger charge is -2.23. The van der Waals surface area contributed by atoms with Gasteiger partial charge in [0.05, 0.1) is 0 Å². The lowest BCUT2D eigenvalue weighted by molar-refractivity contribution is 0.473. The number of hydrogen-bond donors (Lipinski definition) is 2. The third-order valence-electron chi connectivity index (χ3n) is 5.14. The molecule has 2 N–H and O–H groups in total.